The number of carbonyl (C=O) groups excluding carboxylic acids is 1. The SMILES string of the molecule is CCCCCCN(CCN1CCOCC1)C(=O)c1nn(-c2ccccc2C(F)(F)F)c(C)cc1=O. The average molecular weight is 495 g/mol. The van der Waals surface area contributed by atoms with Gasteiger partial charge in [-0.25, -0.2) is 4.68 Å². The van der Waals surface area contributed by atoms with Crippen LogP contribution in [0.4, 0.5) is 13.2 Å². The number of carbonyl (C=O) groups is 1. The number of amides is 1. The molecule has 0 atom stereocenters. The molecule has 0 unspecified atom stereocenters. The van der Waals surface area contributed by atoms with Crippen LogP contribution in [0.15, 0.2) is 35.1 Å². The number of halogens is 3. The molecule has 1 aromatic heterocycles. The quantitative estimate of drug-likeness (QED) is 0.469. The molecule has 2 heterocycles. The number of nitrogens with zero attached hydrogens (tertiary/aromatic N) is 4. The summed E-state index contributed by atoms with van der Waals surface area (Å²) in [7, 11) is 0. The largest absolute Gasteiger partial charge is 0.418 e. The van der Waals surface area contributed by atoms with Gasteiger partial charge in [0, 0.05) is 44.5 Å². The number of aromatic nitrogens is 2. The van der Waals surface area contributed by atoms with E-state index in [2.05, 4.69) is 16.9 Å². The van der Waals surface area contributed by atoms with E-state index in [1.807, 2.05) is 0 Å². The second-order valence-electron chi connectivity index (χ2n) is 8.73. The molecule has 2 aromatic rings. The molecule has 10 heteroatoms. The Kier molecular flexibility index (Phi) is 9.45. The summed E-state index contributed by atoms with van der Waals surface area (Å²) in [5, 5.41) is 4.16. The molecule has 1 amide bonds. The van der Waals surface area contributed by atoms with E-state index in [0.29, 0.717) is 32.8 Å². The van der Waals surface area contributed by atoms with E-state index >= 15 is 0 Å². The summed E-state index contributed by atoms with van der Waals surface area (Å²) in [6, 6.07) is 6.17. The van der Waals surface area contributed by atoms with E-state index in [9.17, 15) is 22.8 Å². The van der Waals surface area contributed by atoms with Gasteiger partial charge in [0.05, 0.1) is 24.5 Å². The van der Waals surface area contributed by atoms with Crippen LogP contribution in [0, 0.1) is 6.92 Å². The van der Waals surface area contributed by atoms with Crippen LogP contribution in [0.25, 0.3) is 5.69 Å². The van der Waals surface area contributed by atoms with E-state index in [4.69, 9.17) is 4.74 Å². The maximum Gasteiger partial charge on any atom is 0.418 e. The van der Waals surface area contributed by atoms with Crippen molar-refractivity contribution in [2.75, 3.05) is 45.9 Å². The Morgan fingerprint density at radius 1 is 1.11 bits per heavy atom. The van der Waals surface area contributed by atoms with Crippen molar-refractivity contribution in [3.8, 4) is 5.69 Å². The average Bonchev–Trinajstić information content (AvgIpc) is 2.83. The van der Waals surface area contributed by atoms with Gasteiger partial charge in [-0.15, -0.1) is 0 Å². The monoisotopic (exact) mass is 494 g/mol. The number of hydrogen-bond acceptors (Lipinski definition) is 5. The molecule has 1 fully saturated rings. The number of rotatable bonds is 10. The van der Waals surface area contributed by atoms with Crippen LogP contribution in [0.5, 0.6) is 0 Å². The molecule has 1 saturated heterocycles. The van der Waals surface area contributed by atoms with E-state index in [0.717, 1.165) is 49.5 Å². The van der Waals surface area contributed by atoms with Gasteiger partial charge < -0.3 is 9.64 Å². The van der Waals surface area contributed by atoms with Crippen LogP contribution < -0.4 is 5.43 Å². The number of para-hydroxylation sites is 1. The third-order valence-electron chi connectivity index (χ3n) is 6.11. The number of unbranched alkanes of at least 4 members (excludes halogenated alkanes) is 3. The van der Waals surface area contributed by atoms with Crippen LogP contribution in [-0.4, -0.2) is 71.4 Å². The number of alkyl halides is 3. The molecular formula is C25H33F3N4O3. The maximum absolute atomic E-state index is 13.6. The molecule has 0 spiro atoms. The summed E-state index contributed by atoms with van der Waals surface area (Å²) in [5.41, 5.74) is -1.87. The molecule has 0 saturated carbocycles. The van der Waals surface area contributed by atoms with Crippen molar-refractivity contribution in [3.63, 3.8) is 0 Å². The molecule has 0 bridgehead atoms. The van der Waals surface area contributed by atoms with Crippen molar-refractivity contribution in [2.24, 2.45) is 0 Å². The lowest BCUT2D eigenvalue weighted by molar-refractivity contribution is -0.137. The minimum Gasteiger partial charge on any atom is -0.379 e. The van der Waals surface area contributed by atoms with Gasteiger partial charge in [-0.1, -0.05) is 38.3 Å². The zero-order valence-corrected chi connectivity index (χ0v) is 20.3. The number of ether oxygens (including phenoxy) is 1. The molecule has 0 aliphatic carbocycles. The normalized spacial score (nSPS) is 14.8. The van der Waals surface area contributed by atoms with Gasteiger partial charge in [-0.3, -0.25) is 14.5 Å². The Balaban J connectivity index is 1.91. The van der Waals surface area contributed by atoms with Crippen LogP contribution in [-0.2, 0) is 10.9 Å². The Morgan fingerprint density at radius 3 is 2.51 bits per heavy atom. The fourth-order valence-electron chi connectivity index (χ4n) is 4.12. The lowest BCUT2D eigenvalue weighted by atomic mass is 10.1. The van der Waals surface area contributed by atoms with Gasteiger partial charge in [0.1, 0.15) is 0 Å². The van der Waals surface area contributed by atoms with Crippen molar-refractivity contribution in [1.82, 2.24) is 19.6 Å². The van der Waals surface area contributed by atoms with E-state index in [1.165, 1.54) is 31.2 Å². The first-order chi connectivity index (χ1) is 16.7. The van der Waals surface area contributed by atoms with Gasteiger partial charge in [-0.05, 0) is 25.5 Å². The van der Waals surface area contributed by atoms with Crippen molar-refractivity contribution in [2.45, 2.75) is 45.7 Å². The molecule has 35 heavy (non-hydrogen) atoms. The number of morpholine rings is 1. The summed E-state index contributed by atoms with van der Waals surface area (Å²) in [4.78, 5) is 30.0. The van der Waals surface area contributed by atoms with Crippen molar-refractivity contribution >= 4 is 5.91 Å². The topological polar surface area (TPSA) is 67.7 Å². The van der Waals surface area contributed by atoms with Crippen LogP contribution >= 0.6 is 0 Å². The fraction of sp³-hybridized carbons (Fsp3) is 0.560. The minimum absolute atomic E-state index is 0.214. The van der Waals surface area contributed by atoms with Crippen molar-refractivity contribution in [3.05, 3.63) is 57.5 Å². The van der Waals surface area contributed by atoms with Gasteiger partial charge in [-0.2, -0.15) is 18.3 Å². The maximum atomic E-state index is 13.6. The molecule has 7 nitrogen and oxygen atoms in total. The predicted octanol–water partition coefficient (Wildman–Crippen LogP) is 3.91. The number of hydrogen-bond donors (Lipinski definition) is 0. The first kappa shape index (κ1) is 26.9. The zero-order chi connectivity index (χ0) is 25.4. The van der Waals surface area contributed by atoms with E-state index in [-0.39, 0.29) is 17.1 Å². The van der Waals surface area contributed by atoms with Crippen LogP contribution in [0.3, 0.4) is 0 Å². The zero-order valence-electron chi connectivity index (χ0n) is 20.3. The van der Waals surface area contributed by atoms with Crippen molar-refractivity contribution in [1.29, 1.82) is 0 Å². The summed E-state index contributed by atoms with van der Waals surface area (Å²) >= 11 is 0. The molecule has 3 rings (SSSR count). The summed E-state index contributed by atoms with van der Waals surface area (Å²) < 4.78 is 47.3. The third-order valence-corrected chi connectivity index (χ3v) is 6.11. The summed E-state index contributed by atoms with van der Waals surface area (Å²) in [6.07, 6.45) is -0.802. The smallest absolute Gasteiger partial charge is 0.379 e. The van der Waals surface area contributed by atoms with Crippen LogP contribution in [0.2, 0.25) is 0 Å². The summed E-state index contributed by atoms with van der Waals surface area (Å²) in [6.45, 7) is 7.87. The van der Waals surface area contributed by atoms with E-state index in [1.54, 1.807) is 4.90 Å². The Morgan fingerprint density at radius 2 is 1.83 bits per heavy atom. The second kappa shape index (κ2) is 12.3. The number of benzene rings is 1. The second-order valence-corrected chi connectivity index (χ2v) is 8.73. The Hall–Kier alpha value is -2.72. The Labute approximate surface area is 203 Å². The highest BCUT2D eigenvalue weighted by molar-refractivity contribution is 5.92. The molecular weight excluding hydrogens is 461 g/mol. The third kappa shape index (κ3) is 7.14. The molecule has 0 radical (unpaired) electrons. The standard InChI is InChI=1S/C25H33F3N4O3/c1-3-4-5-8-11-31(13-12-30-14-16-35-17-15-30)24(34)23-22(33)18-19(2)32(29-23)21-10-7-6-9-20(21)25(26,27)28/h6-7,9-10,18H,3-5,8,11-17H2,1-2H3. The molecule has 0 N–H and O–H groups in total. The minimum atomic E-state index is -4.61. The van der Waals surface area contributed by atoms with Gasteiger partial charge in [0.2, 0.25) is 5.43 Å². The van der Waals surface area contributed by atoms with Gasteiger partial charge >= 0.3 is 6.18 Å². The Bertz CT molecular complexity index is 1050. The highest BCUT2D eigenvalue weighted by Crippen LogP contribution is 2.33. The highest BCUT2D eigenvalue weighted by Gasteiger charge is 2.34. The highest BCUT2D eigenvalue weighted by atomic mass is 19.4. The van der Waals surface area contributed by atoms with Crippen molar-refractivity contribution < 1.29 is 22.7 Å². The molecule has 1 aliphatic rings. The lowest BCUT2D eigenvalue weighted by Gasteiger charge is -2.30. The summed E-state index contributed by atoms with van der Waals surface area (Å²) in [5.74, 6) is -0.557. The van der Waals surface area contributed by atoms with Crippen LogP contribution in [0.1, 0.15) is 54.4 Å². The molecule has 192 valence electrons. The predicted molar refractivity (Wildman–Crippen MR) is 127 cm³/mol. The molecule has 1 aliphatic heterocycles. The van der Waals surface area contributed by atoms with Gasteiger partial charge in [0.15, 0.2) is 5.69 Å². The lowest BCUT2D eigenvalue weighted by Crippen LogP contribution is -2.44. The first-order valence-electron chi connectivity index (χ1n) is 12.1. The number of aryl methyl sites for hydroxylation is 1. The van der Waals surface area contributed by atoms with Gasteiger partial charge in [0.25, 0.3) is 5.91 Å². The molecule has 1 aromatic carbocycles. The van der Waals surface area contributed by atoms with E-state index < -0.39 is 23.1 Å². The fourth-order valence-corrected chi connectivity index (χ4v) is 4.12. The first-order valence-corrected chi connectivity index (χ1v) is 12.1.